The van der Waals surface area contributed by atoms with Gasteiger partial charge in [-0.2, -0.15) is 11.8 Å². The summed E-state index contributed by atoms with van der Waals surface area (Å²) in [6, 6.07) is 0.669. The standard InChI is InChI=1S/C10H19NO2S/c1-2-13-10(12)5-7-14-8-9-4-3-6-11-9/h9,11H,2-8H2,1H3. The van der Waals surface area contributed by atoms with E-state index >= 15 is 0 Å². The third-order valence-electron chi connectivity index (χ3n) is 2.24. The van der Waals surface area contributed by atoms with Gasteiger partial charge in [0.05, 0.1) is 13.0 Å². The number of hydrogen-bond donors (Lipinski definition) is 1. The van der Waals surface area contributed by atoms with Gasteiger partial charge in [0.25, 0.3) is 0 Å². The highest BCUT2D eigenvalue weighted by Crippen LogP contribution is 2.12. The van der Waals surface area contributed by atoms with Gasteiger partial charge < -0.3 is 10.1 Å². The zero-order chi connectivity index (χ0) is 10.2. The summed E-state index contributed by atoms with van der Waals surface area (Å²) in [4.78, 5) is 11.0. The van der Waals surface area contributed by atoms with E-state index in [1.54, 1.807) is 0 Å². The maximum atomic E-state index is 11.0. The number of carbonyl (C=O) groups excluding carboxylic acids is 1. The Morgan fingerprint density at radius 1 is 1.64 bits per heavy atom. The predicted molar refractivity (Wildman–Crippen MR) is 59.6 cm³/mol. The first kappa shape index (κ1) is 11.9. The van der Waals surface area contributed by atoms with Crippen molar-refractivity contribution in [2.24, 2.45) is 0 Å². The van der Waals surface area contributed by atoms with Crippen LogP contribution in [0.15, 0.2) is 0 Å². The Morgan fingerprint density at radius 2 is 2.50 bits per heavy atom. The molecule has 1 heterocycles. The lowest BCUT2D eigenvalue weighted by molar-refractivity contribution is -0.142. The van der Waals surface area contributed by atoms with Crippen molar-refractivity contribution in [3.8, 4) is 0 Å². The van der Waals surface area contributed by atoms with E-state index in [2.05, 4.69) is 5.32 Å². The summed E-state index contributed by atoms with van der Waals surface area (Å²) < 4.78 is 4.85. The highest BCUT2D eigenvalue weighted by Gasteiger charge is 2.13. The SMILES string of the molecule is CCOC(=O)CCSCC1CCCN1. The average molecular weight is 217 g/mol. The van der Waals surface area contributed by atoms with E-state index in [-0.39, 0.29) is 5.97 Å². The zero-order valence-corrected chi connectivity index (χ0v) is 9.57. The minimum atomic E-state index is -0.0700. The molecule has 0 aromatic heterocycles. The van der Waals surface area contributed by atoms with Gasteiger partial charge in [0.1, 0.15) is 0 Å². The molecular formula is C10H19NO2S. The molecule has 1 aliphatic rings. The van der Waals surface area contributed by atoms with Crippen molar-refractivity contribution in [3.05, 3.63) is 0 Å². The molecule has 0 amide bonds. The molecule has 1 aliphatic heterocycles. The van der Waals surface area contributed by atoms with Crippen LogP contribution in [0.2, 0.25) is 0 Å². The van der Waals surface area contributed by atoms with Crippen molar-refractivity contribution in [2.45, 2.75) is 32.2 Å². The van der Waals surface area contributed by atoms with Gasteiger partial charge in [0, 0.05) is 17.5 Å². The summed E-state index contributed by atoms with van der Waals surface area (Å²) in [5, 5.41) is 3.43. The summed E-state index contributed by atoms with van der Waals surface area (Å²) in [7, 11) is 0. The lowest BCUT2D eigenvalue weighted by Gasteiger charge is -2.08. The number of nitrogens with one attached hydrogen (secondary N) is 1. The molecule has 1 N–H and O–H groups in total. The molecule has 1 fully saturated rings. The summed E-state index contributed by atoms with van der Waals surface area (Å²) in [6.45, 7) is 3.49. The fraction of sp³-hybridized carbons (Fsp3) is 0.900. The van der Waals surface area contributed by atoms with Crippen molar-refractivity contribution in [2.75, 3.05) is 24.7 Å². The zero-order valence-electron chi connectivity index (χ0n) is 8.75. The van der Waals surface area contributed by atoms with Crippen molar-refractivity contribution in [1.29, 1.82) is 0 Å². The lowest BCUT2D eigenvalue weighted by Crippen LogP contribution is -2.23. The minimum Gasteiger partial charge on any atom is -0.466 e. The van der Waals surface area contributed by atoms with E-state index < -0.39 is 0 Å². The molecule has 4 heteroatoms. The largest absolute Gasteiger partial charge is 0.466 e. The maximum Gasteiger partial charge on any atom is 0.306 e. The molecule has 1 atom stereocenters. The van der Waals surface area contributed by atoms with E-state index in [1.165, 1.54) is 12.8 Å². The fourth-order valence-electron chi connectivity index (χ4n) is 1.51. The third kappa shape index (κ3) is 4.86. The first-order chi connectivity index (χ1) is 6.83. The third-order valence-corrected chi connectivity index (χ3v) is 3.37. The summed E-state index contributed by atoms with van der Waals surface area (Å²) in [5.74, 6) is 1.94. The van der Waals surface area contributed by atoms with Crippen LogP contribution in [0.25, 0.3) is 0 Å². The summed E-state index contributed by atoms with van der Waals surface area (Å²) in [5.41, 5.74) is 0. The molecule has 0 aromatic rings. The van der Waals surface area contributed by atoms with Crippen LogP contribution in [-0.2, 0) is 9.53 Å². The molecule has 0 spiro atoms. The van der Waals surface area contributed by atoms with Crippen LogP contribution in [0.5, 0.6) is 0 Å². The second-order valence-corrected chi connectivity index (χ2v) is 4.57. The van der Waals surface area contributed by atoms with Crippen molar-refractivity contribution < 1.29 is 9.53 Å². The number of carbonyl (C=O) groups is 1. The Bertz CT molecular complexity index is 170. The normalized spacial score (nSPS) is 21.1. The molecule has 1 unspecified atom stereocenters. The number of ether oxygens (including phenoxy) is 1. The van der Waals surface area contributed by atoms with Crippen LogP contribution in [0.4, 0.5) is 0 Å². The minimum absolute atomic E-state index is 0.0700. The highest BCUT2D eigenvalue weighted by atomic mass is 32.2. The van der Waals surface area contributed by atoms with Gasteiger partial charge in [-0.05, 0) is 26.3 Å². The van der Waals surface area contributed by atoms with Crippen LogP contribution in [0.1, 0.15) is 26.2 Å². The Kier molecular flexibility index (Phi) is 6.03. The van der Waals surface area contributed by atoms with E-state index in [0.29, 0.717) is 19.1 Å². The van der Waals surface area contributed by atoms with Crippen LogP contribution in [-0.4, -0.2) is 36.7 Å². The van der Waals surface area contributed by atoms with E-state index in [0.717, 1.165) is 18.1 Å². The molecule has 3 nitrogen and oxygen atoms in total. The van der Waals surface area contributed by atoms with Crippen molar-refractivity contribution in [3.63, 3.8) is 0 Å². The summed E-state index contributed by atoms with van der Waals surface area (Å²) >= 11 is 1.84. The quantitative estimate of drug-likeness (QED) is 0.539. The fourth-order valence-corrected chi connectivity index (χ4v) is 2.56. The van der Waals surface area contributed by atoms with Crippen LogP contribution < -0.4 is 5.32 Å². The Hall–Kier alpha value is -0.220. The lowest BCUT2D eigenvalue weighted by atomic mass is 10.3. The molecule has 14 heavy (non-hydrogen) atoms. The second-order valence-electron chi connectivity index (χ2n) is 3.42. The monoisotopic (exact) mass is 217 g/mol. The second kappa shape index (κ2) is 7.12. The van der Waals surface area contributed by atoms with E-state index in [1.807, 2.05) is 18.7 Å². The van der Waals surface area contributed by atoms with Gasteiger partial charge in [0.2, 0.25) is 0 Å². The molecule has 0 saturated carbocycles. The van der Waals surface area contributed by atoms with Crippen molar-refractivity contribution >= 4 is 17.7 Å². The number of thioether (sulfide) groups is 1. The Morgan fingerprint density at radius 3 is 3.14 bits per heavy atom. The molecule has 0 aliphatic carbocycles. The van der Waals surface area contributed by atoms with Gasteiger partial charge in [0.15, 0.2) is 0 Å². The van der Waals surface area contributed by atoms with Crippen LogP contribution >= 0.6 is 11.8 Å². The highest BCUT2D eigenvalue weighted by molar-refractivity contribution is 7.99. The molecule has 82 valence electrons. The molecule has 1 rings (SSSR count). The van der Waals surface area contributed by atoms with E-state index in [4.69, 9.17) is 4.74 Å². The van der Waals surface area contributed by atoms with Crippen LogP contribution in [0, 0.1) is 0 Å². The van der Waals surface area contributed by atoms with Crippen LogP contribution in [0.3, 0.4) is 0 Å². The molecule has 1 saturated heterocycles. The smallest absolute Gasteiger partial charge is 0.306 e. The van der Waals surface area contributed by atoms with E-state index in [9.17, 15) is 4.79 Å². The van der Waals surface area contributed by atoms with Crippen molar-refractivity contribution in [1.82, 2.24) is 5.32 Å². The van der Waals surface area contributed by atoms with Gasteiger partial charge in [-0.15, -0.1) is 0 Å². The first-order valence-electron chi connectivity index (χ1n) is 5.29. The number of esters is 1. The van der Waals surface area contributed by atoms with Gasteiger partial charge in [-0.25, -0.2) is 0 Å². The van der Waals surface area contributed by atoms with Gasteiger partial charge >= 0.3 is 5.97 Å². The summed E-state index contributed by atoms with van der Waals surface area (Å²) in [6.07, 6.45) is 3.13. The predicted octanol–water partition coefficient (Wildman–Crippen LogP) is 1.42. The average Bonchev–Trinajstić information content (AvgIpc) is 2.65. The van der Waals surface area contributed by atoms with Gasteiger partial charge in [-0.1, -0.05) is 0 Å². The number of rotatable bonds is 6. The number of hydrogen-bond acceptors (Lipinski definition) is 4. The Labute approximate surface area is 90.0 Å². The molecular weight excluding hydrogens is 198 g/mol. The molecule has 0 bridgehead atoms. The topological polar surface area (TPSA) is 38.3 Å². The molecule has 0 radical (unpaired) electrons. The molecule has 0 aromatic carbocycles. The Balaban J connectivity index is 1.90. The first-order valence-corrected chi connectivity index (χ1v) is 6.45. The van der Waals surface area contributed by atoms with Gasteiger partial charge in [-0.3, -0.25) is 4.79 Å². The maximum absolute atomic E-state index is 11.0.